The van der Waals surface area contributed by atoms with Crippen LogP contribution in [-0.4, -0.2) is 11.8 Å². The van der Waals surface area contributed by atoms with Crippen molar-refractivity contribution in [3.05, 3.63) is 24.3 Å². The lowest BCUT2D eigenvalue weighted by Gasteiger charge is -2.21. The predicted octanol–water partition coefficient (Wildman–Crippen LogP) is 4.40. The van der Waals surface area contributed by atoms with Gasteiger partial charge in [-0.1, -0.05) is 19.1 Å². The summed E-state index contributed by atoms with van der Waals surface area (Å²) in [5, 5.41) is 3.84. The van der Waals surface area contributed by atoms with Crippen LogP contribution in [0, 0.1) is 11.8 Å². The molecule has 0 aliphatic heterocycles. The molecule has 0 aromatic heterocycles. The minimum absolute atomic E-state index is 0.758. The lowest BCUT2D eigenvalue weighted by Crippen LogP contribution is -2.24. The van der Waals surface area contributed by atoms with Crippen LogP contribution in [0.1, 0.15) is 32.6 Å². The van der Waals surface area contributed by atoms with Gasteiger partial charge >= 0.3 is 0 Å². The van der Waals surface area contributed by atoms with Gasteiger partial charge in [-0.25, -0.2) is 0 Å². The van der Waals surface area contributed by atoms with Gasteiger partial charge in [0.1, 0.15) is 0 Å². The van der Waals surface area contributed by atoms with Crippen molar-refractivity contribution in [2.24, 2.45) is 11.8 Å². The van der Waals surface area contributed by atoms with Gasteiger partial charge < -0.3 is 5.32 Å². The Hall–Kier alpha value is -0.630. The molecule has 92 valence electrons. The van der Waals surface area contributed by atoms with E-state index in [4.69, 9.17) is 0 Å². The number of rotatable bonds is 6. The van der Waals surface area contributed by atoms with Gasteiger partial charge in [-0.2, -0.15) is 0 Å². The summed E-state index contributed by atoms with van der Waals surface area (Å²) in [5.41, 5.74) is 1.36. The summed E-state index contributed by atoms with van der Waals surface area (Å²) in [5.74, 6) is 3.07. The topological polar surface area (TPSA) is 12.0 Å². The third-order valence-electron chi connectivity index (χ3n) is 3.77. The molecule has 0 amide bonds. The first-order valence-corrected chi connectivity index (χ1v) is 7.85. The molecule has 0 heterocycles. The minimum atomic E-state index is 0.758. The van der Waals surface area contributed by atoms with Crippen molar-refractivity contribution in [2.75, 3.05) is 11.1 Å². The number of anilines is 1. The molecule has 2 saturated carbocycles. The smallest absolute Gasteiger partial charge is 0.0480 e. The van der Waals surface area contributed by atoms with Crippen LogP contribution < -0.4 is 5.32 Å². The van der Waals surface area contributed by atoms with Crippen molar-refractivity contribution in [3.63, 3.8) is 0 Å². The number of para-hydroxylation sites is 1. The van der Waals surface area contributed by atoms with Crippen molar-refractivity contribution in [1.82, 2.24) is 0 Å². The fourth-order valence-electron chi connectivity index (χ4n) is 2.58. The first kappa shape index (κ1) is 11.5. The highest BCUT2D eigenvalue weighted by atomic mass is 32.2. The lowest BCUT2D eigenvalue weighted by atomic mass is 10.1. The first-order valence-electron chi connectivity index (χ1n) is 6.87. The van der Waals surface area contributed by atoms with Crippen LogP contribution in [0.2, 0.25) is 0 Å². The molecule has 2 aliphatic carbocycles. The number of hydrogen-bond acceptors (Lipinski definition) is 2. The van der Waals surface area contributed by atoms with Crippen LogP contribution in [0.4, 0.5) is 5.69 Å². The van der Waals surface area contributed by atoms with Crippen molar-refractivity contribution in [3.8, 4) is 0 Å². The van der Waals surface area contributed by atoms with Crippen molar-refractivity contribution in [2.45, 2.75) is 43.5 Å². The maximum absolute atomic E-state index is 3.84. The Morgan fingerprint density at radius 3 is 2.41 bits per heavy atom. The van der Waals surface area contributed by atoms with Gasteiger partial charge in [0.2, 0.25) is 0 Å². The Balaban J connectivity index is 1.73. The van der Waals surface area contributed by atoms with Crippen LogP contribution >= 0.6 is 11.8 Å². The zero-order valence-corrected chi connectivity index (χ0v) is 11.3. The van der Waals surface area contributed by atoms with Crippen LogP contribution in [-0.2, 0) is 0 Å². The fraction of sp³-hybridized carbons (Fsp3) is 0.600. The molecule has 1 nitrogen and oxygen atoms in total. The van der Waals surface area contributed by atoms with Gasteiger partial charge in [-0.15, -0.1) is 11.8 Å². The quantitative estimate of drug-likeness (QED) is 0.748. The summed E-state index contributed by atoms with van der Waals surface area (Å²) in [7, 11) is 0. The van der Waals surface area contributed by atoms with Gasteiger partial charge in [-0.05, 0) is 55.4 Å². The summed E-state index contributed by atoms with van der Waals surface area (Å²) in [6.45, 7) is 2.22. The van der Waals surface area contributed by atoms with Crippen LogP contribution in [0.25, 0.3) is 0 Å². The molecular formula is C15H21NS. The molecule has 0 atom stereocenters. The Labute approximate surface area is 108 Å². The highest BCUT2D eigenvalue weighted by Gasteiger charge is 2.41. The average molecular weight is 247 g/mol. The average Bonchev–Trinajstić information content (AvgIpc) is 3.21. The van der Waals surface area contributed by atoms with E-state index in [1.165, 1.54) is 36.3 Å². The third kappa shape index (κ3) is 2.79. The molecule has 1 N–H and O–H groups in total. The summed E-state index contributed by atoms with van der Waals surface area (Å²) >= 11 is 1.95. The highest BCUT2D eigenvalue weighted by Crippen LogP contribution is 2.46. The summed E-state index contributed by atoms with van der Waals surface area (Å²) in [4.78, 5) is 1.42. The van der Waals surface area contributed by atoms with E-state index >= 15 is 0 Å². The van der Waals surface area contributed by atoms with Gasteiger partial charge in [-0.3, -0.25) is 0 Å². The molecule has 0 unspecified atom stereocenters. The third-order valence-corrected chi connectivity index (χ3v) is 4.72. The number of benzene rings is 1. The highest BCUT2D eigenvalue weighted by molar-refractivity contribution is 7.99. The van der Waals surface area contributed by atoms with Crippen molar-refractivity contribution in [1.29, 1.82) is 0 Å². The molecule has 3 rings (SSSR count). The molecule has 2 heteroatoms. The predicted molar refractivity (Wildman–Crippen MR) is 75.7 cm³/mol. The molecular weight excluding hydrogens is 226 g/mol. The summed E-state index contributed by atoms with van der Waals surface area (Å²) in [6, 6.07) is 9.54. The van der Waals surface area contributed by atoms with Gasteiger partial charge in [0.25, 0.3) is 0 Å². The molecule has 0 radical (unpaired) electrons. The maximum atomic E-state index is 3.84. The second-order valence-corrected chi connectivity index (χ2v) is 6.58. The van der Waals surface area contributed by atoms with E-state index in [1.807, 2.05) is 11.8 Å². The Morgan fingerprint density at radius 1 is 1.18 bits per heavy atom. The largest absolute Gasteiger partial charge is 0.381 e. The van der Waals surface area contributed by atoms with Crippen LogP contribution in [0.5, 0.6) is 0 Å². The van der Waals surface area contributed by atoms with Gasteiger partial charge in [0.05, 0.1) is 0 Å². The number of nitrogens with one attached hydrogen (secondary N) is 1. The van der Waals surface area contributed by atoms with E-state index < -0.39 is 0 Å². The van der Waals surface area contributed by atoms with E-state index in [9.17, 15) is 0 Å². The molecule has 2 fully saturated rings. The Bertz CT molecular complexity index is 370. The van der Waals surface area contributed by atoms with Crippen LogP contribution in [0.15, 0.2) is 29.2 Å². The number of thioether (sulfide) groups is 1. The standard InChI is InChI=1S/C15H21NS/c1-2-17-14-6-4-3-5-13(14)16-15(11-7-8-11)12-9-10-12/h3-6,11-12,15-16H,2,7-10H2,1H3. The minimum Gasteiger partial charge on any atom is -0.381 e. The second-order valence-electron chi connectivity index (χ2n) is 5.27. The van der Waals surface area contributed by atoms with Crippen molar-refractivity contribution < 1.29 is 0 Å². The van der Waals surface area contributed by atoms with Gasteiger partial charge in [0.15, 0.2) is 0 Å². The fourth-order valence-corrected chi connectivity index (χ4v) is 3.35. The summed E-state index contributed by atoms with van der Waals surface area (Å²) in [6.07, 6.45) is 5.77. The van der Waals surface area contributed by atoms with E-state index in [2.05, 4.69) is 36.5 Å². The normalized spacial score (nSPS) is 19.6. The van der Waals surface area contributed by atoms with Crippen molar-refractivity contribution >= 4 is 17.4 Å². The lowest BCUT2D eigenvalue weighted by molar-refractivity contribution is 0.566. The zero-order chi connectivity index (χ0) is 11.7. The van der Waals surface area contributed by atoms with E-state index in [1.54, 1.807) is 0 Å². The van der Waals surface area contributed by atoms with E-state index in [0.29, 0.717) is 0 Å². The first-order chi connectivity index (χ1) is 8.38. The summed E-state index contributed by atoms with van der Waals surface area (Å²) < 4.78 is 0. The van der Waals surface area contributed by atoms with E-state index in [0.717, 1.165) is 23.6 Å². The molecule has 0 bridgehead atoms. The molecule has 0 saturated heterocycles. The maximum Gasteiger partial charge on any atom is 0.0480 e. The Morgan fingerprint density at radius 2 is 1.82 bits per heavy atom. The SMILES string of the molecule is CCSc1ccccc1NC(C1CC1)C1CC1. The van der Waals surface area contributed by atoms with Gasteiger partial charge in [0, 0.05) is 16.6 Å². The molecule has 2 aliphatic rings. The second kappa shape index (κ2) is 4.93. The molecule has 1 aromatic rings. The molecule has 0 spiro atoms. The number of hydrogen-bond donors (Lipinski definition) is 1. The monoisotopic (exact) mass is 247 g/mol. The Kier molecular flexibility index (Phi) is 3.32. The molecule has 17 heavy (non-hydrogen) atoms. The van der Waals surface area contributed by atoms with E-state index in [-0.39, 0.29) is 0 Å². The zero-order valence-electron chi connectivity index (χ0n) is 10.5. The molecule has 1 aromatic carbocycles. The van der Waals surface area contributed by atoms with Crippen LogP contribution in [0.3, 0.4) is 0 Å².